The molecule has 0 fully saturated rings. The number of esters is 1. The number of carboxylic acid groups (broad SMARTS) is 1. The summed E-state index contributed by atoms with van der Waals surface area (Å²) in [5, 5.41) is 8.69. The Morgan fingerprint density at radius 2 is 1.81 bits per heavy atom. The van der Waals surface area contributed by atoms with E-state index in [2.05, 4.69) is 0 Å². The van der Waals surface area contributed by atoms with Crippen molar-refractivity contribution in [1.29, 1.82) is 0 Å². The van der Waals surface area contributed by atoms with Crippen molar-refractivity contribution in [1.82, 2.24) is 4.57 Å². The van der Waals surface area contributed by atoms with Gasteiger partial charge in [-0.3, -0.25) is 4.79 Å². The van der Waals surface area contributed by atoms with Gasteiger partial charge in [0.25, 0.3) is 0 Å². The van der Waals surface area contributed by atoms with Crippen molar-refractivity contribution >= 4 is 11.9 Å². The first-order chi connectivity index (χ1) is 9.95. The molecule has 1 aromatic carbocycles. The molecule has 0 spiro atoms. The van der Waals surface area contributed by atoms with Gasteiger partial charge in [-0.15, -0.1) is 0 Å². The fraction of sp³-hybridized carbons (Fsp3) is 0.250. The van der Waals surface area contributed by atoms with Gasteiger partial charge >= 0.3 is 11.9 Å². The van der Waals surface area contributed by atoms with E-state index in [-0.39, 0.29) is 19.0 Å². The number of aryl methyl sites for hydroxylation is 2. The maximum Gasteiger partial charge on any atom is 0.355 e. The quantitative estimate of drug-likeness (QED) is 0.857. The fourth-order valence-corrected chi connectivity index (χ4v) is 2.08. The van der Waals surface area contributed by atoms with Crippen LogP contribution in [0.15, 0.2) is 36.5 Å². The number of hydrogen-bond acceptors (Lipinski definition) is 3. The maximum atomic E-state index is 11.9. The van der Waals surface area contributed by atoms with Gasteiger partial charge in [0.15, 0.2) is 0 Å². The molecule has 110 valence electrons. The lowest BCUT2D eigenvalue weighted by atomic mass is 10.1. The van der Waals surface area contributed by atoms with Crippen LogP contribution < -0.4 is 0 Å². The standard InChI is InChI=1S/C16H17NO4/c1-11-7-14(17(2)9-11)16(20)21-10-13-5-3-12(4-6-13)8-15(18)19/h3-7,9H,8,10H2,1-2H3,(H,18,19). The summed E-state index contributed by atoms with van der Waals surface area (Å²) >= 11 is 0. The monoisotopic (exact) mass is 287 g/mol. The van der Waals surface area contributed by atoms with Gasteiger partial charge in [0.05, 0.1) is 6.42 Å². The van der Waals surface area contributed by atoms with Crippen LogP contribution in [0.1, 0.15) is 27.2 Å². The summed E-state index contributed by atoms with van der Waals surface area (Å²) in [7, 11) is 1.80. The van der Waals surface area contributed by atoms with Crippen LogP contribution in [0.2, 0.25) is 0 Å². The molecule has 2 aromatic rings. The smallest absolute Gasteiger partial charge is 0.355 e. The van der Waals surface area contributed by atoms with E-state index in [0.717, 1.165) is 16.7 Å². The van der Waals surface area contributed by atoms with Crippen molar-refractivity contribution < 1.29 is 19.4 Å². The zero-order valence-corrected chi connectivity index (χ0v) is 12.0. The number of carbonyl (C=O) groups is 2. The number of carbonyl (C=O) groups excluding carboxylic acids is 1. The maximum absolute atomic E-state index is 11.9. The lowest BCUT2D eigenvalue weighted by molar-refractivity contribution is -0.136. The predicted octanol–water partition coefficient (Wildman–Crippen LogP) is 2.32. The zero-order chi connectivity index (χ0) is 15.4. The van der Waals surface area contributed by atoms with Crippen LogP contribution in [0.5, 0.6) is 0 Å². The van der Waals surface area contributed by atoms with Crippen molar-refractivity contribution in [3.8, 4) is 0 Å². The van der Waals surface area contributed by atoms with Crippen molar-refractivity contribution in [3.05, 3.63) is 58.9 Å². The minimum atomic E-state index is -0.867. The van der Waals surface area contributed by atoms with E-state index in [1.54, 1.807) is 41.9 Å². The fourth-order valence-electron chi connectivity index (χ4n) is 2.08. The first-order valence-corrected chi connectivity index (χ1v) is 6.55. The van der Waals surface area contributed by atoms with Gasteiger partial charge in [-0.1, -0.05) is 24.3 Å². The minimum Gasteiger partial charge on any atom is -0.481 e. The van der Waals surface area contributed by atoms with Gasteiger partial charge < -0.3 is 14.4 Å². The Hall–Kier alpha value is -2.56. The lowest BCUT2D eigenvalue weighted by Gasteiger charge is -2.06. The highest BCUT2D eigenvalue weighted by Crippen LogP contribution is 2.11. The van der Waals surface area contributed by atoms with Crippen LogP contribution in [0.4, 0.5) is 0 Å². The number of aliphatic carboxylic acids is 1. The summed E-state index contributed by atoms with van der Waals surface area (Å²) < 4.78 is 6.98. The van der Waals surface area contributed by atoms with Crippen LogP contribution in [-0.2, 0) is 29.6 Å². The summed E-state index contributed by atoms with van der Waals surface area (Å²) in [4.78, 5) is 22.5. The van der Waals surface area contributed by atoms with Crippen molar-refractivity contribution in [2.75, 3.05) is 0 Å². The summed E-state index contributed by atoms with van der Waals surface area (Å²) in [6.07, 6.45) is 1.85. The highest BCUT2D eigenvalue weighted by Gasteiger charge is 2.12. The molecule has 1 heterocycles. The largest absolute Gasteiger partial charge is 0.481 e. The number of ether oxygens (including phenoxy) is 1. The number of hydrogen-bond donors (Lipinski definition) is 1. The Balaban J connectivity index is 1.95. The Kier molecular flexibility index (Phi) is 4.42. The minimum absolute atomic E-state index is 0.0112. The third kappa shape index (κ3) is 3.95. The molecule has 0 saturated heterocycles. The molecule has 5 nitrogen and oxygen atoms in total. The van der Waals surface area contributed by atoms with Crippen molar-refractivity contribution in [2.45, 2.75) is 20.0 Å². The third-order valence-electron chi connectivity index (χ3n) is 3.10. The average molecular weight is 287 g/mol. The molecule has 0 aliphatic heterocycles. The Bertz CT molecular complexity index is 655. The molecule has 1 N–H and O–H groups in total. The molecular formula is C16H17NO4. The van der Waals surface area contributed by atoms with E-state index < -0.39 is 5.97 Å². The molecule has 0 atom stereocenters. The van der Waals surface area contributed by atoms with Gasteiger partial charge in [0, 0.05) is 13.2 Å². The van der Waals surface area contributed by atoms with E-state index in [4.69, 9.17) is 9.84 Å². The van der Waals surface area contributed by atoms with Gasteiger partial charge in [0.2, 0.25) is 0 Å². The zero-order valence-electron chi connectivity index (χ0n) is 12.0. The summed E-state index contributed by atoms with van der Waals surface area (Å²) in [5.74, 6) is -1.24. The molecular weight excluding hydrogens is 270 g/mol. The van der Waals surface area contributed by atoms with Gasteiger partial charge in [-0.2, -0.15) is 0 Å². The molecule has 2 rings (SSSR count). The molecule has 5 heteroatoms. The Morgan fingerprint density at radius 1 is 1.19 bits per heavy atom. The first kappa shape index (κ1) is 14.8. The number of aromatic nitrogens is 1. The Morgan fingerprint density at radius 3 is 2.33 bits per heavy atom. The second-order valence-corrected chi connectivity index (χ2v) is 4.98. The normalized spacial score (nSPS) is 10.4. The van der Waals surface area contributed by atoms with Crippen molar-refractivity contribution in [2.24, 2.45) is 7.05 Å². The second kappa shape index (κ2) is 6.26. The summed E-state index contributed by atoms with van der Waals surface area (Å²) in [5.41, 5.74) is 3.05. The predicted molar refractivity (Wildman–Crippen MR) is 77.1 cm³/mol. The molecule has 0 unspecified atom stereocenters. The molecule has 0 aliphatic carbocycles. The first-order valence-electron chi connectivity index (χ1n) is 6.55. The average Bonchev–Trinajstić information content (AvgIpc) is 2.76. The third-order valence-corrected chi connectivity index (χ3v) is 3.10. The van der Waals surface area contributed by atoms with Crippen LogP contribution >= 0.6 is 0 Å². The van der Waals surface area contributed by atoms with Crippen LogP contribution in [-0.4, -0.2) is 21.6 Å². The van der Waals surface area contributed by atoms with Gasteiger partial charge in [-0.05, 0) is 29.7 Å². The molecule has 0 radical (unpaired) electrons. The number of rotatable bonds is 5. The Labute approximate surface area is 122 Å². The summed E-state index contributed by atoms with van der Waals surface area (Å²) in [6, 6.07) is 8.76. The van der Waals surface area contributed by atoms with Gasteiger partial charge in [0.1, 0.15) is 12.3 Å². The van der Waals surface area contributed by atoms with Crippen LogP contribution in [0.25, 0.3) is 0 Å². The molecule has 0 aliphatic rings. The van der Waals surface area contributed by atoms with E-state index in [1.807, 2.05) is 13.1 Å². The highest BCUT2D eigenvalue weighted by atomic mass is 16.5. The van der Waals surface area contributed by atoms with Gasteiger partial charge in [-0.25, -0.2) is 4.79 Å². The second-order valence-electron chi connectivity index (χ2n) is 4.98. The molecule has 0 saturated carbocycles. The topological polar surface area (TPSA) is 68.5 Å². The van der Waals surface area contributed by atoms with Crippen molar-refractivity contribution in [3.63, 3.8) is 0 Å². The van der Waals surface area contributed by atoms with E-state index >= 15 is 0 Å². The highest BCUT2D eigenvalue weighted by molar-refractivity contribution is 5.88. The molecule has 0 bridgehead atoms. The van der Waals surface area contributed by atoms with E-state index in [1.165, 1.54) is 0 Å². The van der Waals surface area contributed by atoms with E-state index in [0.29, 0.717) is 5.69 Å². The van der Waals surface area contributed by atoms with Crippen LogP contribution in [0, 0.1) is 6.92 Å². The molecule has 21 heavy (non-hydrogen) atoms. The SMILES string of the molecule is Cc1cc(C(=O)OCc2ccc(CC(=O)O)cc2)n(C)c1. The number of benzene rings is 1. The molecule has 1 aromatic heterocycles. The van der Waals surface area contributed by atoms with E-state index in [9.17, 15) is 9.59 Å². The molecule has 0 amide bonds. The summed E-state index contributed by atoms with van der Waals surface area (Å²) in [6.45, 7) is 2.08. The lowest BCUT2D eigenvalue weighted by Crippen LogP contribution is -2.09. The number of nitrogens with zero attached hydrogens (tertiary/aromatic N) is 1. The number of carboxylic acids is 1. The van der Waals surface area contributed by atoms with Crippen LogP contribution in [0.3, 0.4) is 0 Å².